The minimum Gasteiger partial charge on any atom is -0.384 e. The van der Waals surface area contributed by atoms with E-state index in [0.29, 0.717) is 12.2 Å². The van der Waals surface area contributed by atoms with Gasteiger partial charge in [-0.3, -0.25) is 4.79 Å². The number of fused-ring (bicyclic) bond motifs is 1. The van der Waals surface area contributed by atoms with Crippen LogP contribution in [0.25, 0.3) is 0 Å². The average Bonchev–Trinajstić information content (AvgIpc) is 2.88. The number of hydrogen-bond donors (Lipinski definition) is 2. The fourth-order valence-electron chi connectivity index (χ4n) is 2.35. The number of hydrogen-bond acceptors (Lipinski definition) is 4. The van der Waals surface area contributed by atoms with Crippen LogP contribution in [-0.4, -0.2) is 17.3 Å². The van der Waals surface area contributed by atoms with Gasteiger partial charge in [0, 0.05) is 36.0 Å². The number of pyridine rings is 1. The van der Waals surface area contributed by atoms with Crippen molar-refractivity contribution < 1.29 is 4.79 Å². The van der Waals surface area contributed by atoms with Crippen molar-refractivity contribution in [2.45, 2.75) is 12.8 Å². The smallest absolute Gasteiger partial charge is 0.167 e. The summed E-state index contributed by atoms with van der Waals surface area (Å²) in [5, 5.41) is 3.28. The van der Waals surface area contributed by atoms with Crippen LogP contribution < -0.4 is 11.1 Å². The van der Waals surface area contributed by atoms with Gasteiger partial charge in [0.2, 0.25) is 0 Å². The molecule has 0 unspecified atom stereocenters. The summed E-state index contributed by atoms with van der Waals surface area (Å²) in [6.45, 7) is 0.947. The molecule has 2 heterocycles. The van der Waals surface area contributed by atoms with Gasteiger partial charge in [0.15, 0.2) is 5.78 Å². The number of nitrogen functional groups attached to an aromatic ring is 1. The standard InChI is InChI=1S/C15H15N3O/c16-15-12(2-1-6-18-15)9-14(19)11-3-4-13-10(8-11)5-7-17-13/h1-4,6,8,17H,5,7,9H2,(H2,16,18). The molecule has 0 saturated carbocycles. The van der Waals surface area contributed by atoms with Crippen LogP contribution in [0.5, 0.6) is 0 Å². The number of Topliss-reactive ketones (excluding diaryl/α,β-unsaturated/α-hetero) is 1. The normalized spacial score (nSPS) is 12.8. The SMILES string of the molecule is Nc1ncccc1CC(=O)c1ccc2c(c1)CCN2. The Kier molecular flexibility index (Phi) is 2.91. The molecule has 1 aliphatic heterocycles. The van der Waals surface area contributed by atoms with Gasteiger partial charge in [-0.05, 0) is 36.2 Å². The maximum absolute atomic E-state index is 12.3. The molecule has 4 nitrogen and oxygen atoms in total. The number of nitrogens with two attached hydrogens (primary N) is 1. The highest BCUT2D eigenvalue weighted by Crippen LogP contribution is 2.24. The van der Waals surface area contributed by atoms with Gasteiger partial charge in [0.25, 0.3) is 0 Å². The second-order valence-corrected chi connectivity index (χ2v) is 4.70. The van der Waals surface area contributed by atoms with E-state index in [1.165, 1.54) is 5.56 Å². The maximum atomic E-state index is 12.3. The number of carbonyl (C=O) groups excluding carboxylic acids is 1. The molecule has 2 aromatic rings. The van der Waals surface area contributed by atoms with Gasteiger partial charge in [0.1, 0.15) is 5.82 Å². The van der Waals surface area contributed by atoms with E-state index >= 15 is 0 Å². The monoisotopic (exact) mass is 253 g/mol. The van der Waals surface area contributed by atoms with Gasteiger partial charge >= 0.3 is 0 Å². The van der Waals surface area contributed by atoms with Crippen molar-refractivity contribution in [3.8, 4) is 0 Å². The first-order valence-electron chi connectivity index (χ1n) is 6.33. The summed E-state index contributed by atoms with van der Waals surface area (Å²) in [7, 11) is 0. The van der Waals surface area contributed by atoms with Crippen molar-refractivity contribution >= 4 is 17.3 Å². The highest BCUT2D eigenvalue weighted by molar-refractivity contribution is 5.98. The number of aromatic nitrogens is 1. The first kappa shape index (κ1) is 11.7. The summed E-state index contributed by atoms with van der Waals surface area (Å²) in [6, 6.07) is 9.46. The molecule has 0 aliphatic carbocycles. The molecule has 0 atom stereocenters. The summed E-state index contributed by atoms with van der Waals surface area (Å²) in [5.74, 6) is 0.507. The van der Waals surface area contributed by atoms with Crippen molar-refractivity contribution in [3.05, 3.63) is 53.2 Å². The van der Waals surface area contributed by atoms with Gasteiger partial charge in [0.05, 0.1) is 0 Å². The van der Waals surface area contributed by atoms with Crippen LogP contribution in [0.1, 0.15) is 21.5 Å². The van der Waals surface area contributed by atoms with Crippen LogP contribution in [0.4, 0.5) is 11.5 Å². The van der Waals surface area contributed by atoms with Crippen LogP contribution in [0.3, 0.4) is 0 Å². The van der Waals surface area contributed by atoms with Crippen molar-refractivity contribution in [2.24, 2.45) is 0 Å². The number of anilines is 2. The van der Waals surface area contributed by atoms with Gasteiger partial charge in [-0.15, -0.1) is 0 Å². The van der Waals surface area contributed by atoms with E-state index in [-0.39, 0.29) is 5.78 Å². The van der Waals surface area contributed by atoms with Crippen LogP contribution in [0, 0.1) is 0 Å². The van der Waals surface area contributed by atoms with E-state index in [4.69, 9.17) is 5.73 Å². The van der Waals surface area contributed by atoms with Crippen LogP contribution in [0.15, 0.2) is 36.5 Å². The quantitative estimate of drug-likeness (QED) is 0.821. The van der Waals surface area contributed by atoms with E-state index in [0.717, 1.165) is 29.8 Å². The average molecular weight is 253 g/mol. The van der Waals surface area contributed by atoms with Crippen molar-refractivity contribution in [2.75, 3.05) is 17.6 Å². The first-order chi connectivity index (χ1) is 9.24. The van der Waals surface area contributed by atoms with Gasteiger partial charge < -0.3 is 11.1 Å². The van der Waals surface area contributed by atoms with E-state index in [9.17, 15) is 4.79 Å². The molecule has 19 heavy (non-hydrogen) atoms. The lowest BCUT2D eigenvalue weighted by Crippen LogP contribution is -2.07. The number of benzene rings is 1. The second-order valence-electron chi connectivity index (χ2n) is 4.70. The van der Waals surface area contributed by atoms with Gasteiger partial charge in [-0.1, -0.05) is 6.07 Å². The molecule has 3 rings (SSSR count). The minimum atomic E-state index is 0.0781. The summed E-state index contributed by atoms with van der Waals surface area (Å²) in [6.07, 6.45) is 2.90. The molecule has 1 aromatic carbocycles. The van der Waals surface area contributed by atoms with Crippen LogP contribution in [-0.2, 0) is 12.8 Å². The second kappa shape index (κ2) is 4.72. The molecule has 4 heteroatoms. The molecule has 0 amide bonds. The van der Waals surface area contributed by atoms with Crippen molar-refractivity contribution in [1.29, 1.82) is 0 Å². The number of ketones is 1. The van der Waals surface area contributed by atoms with Gasteiger partial charge in [-0.25, -0.2) is 4.98 Å². The lowest BCUT2D eigenvalue weighted by Gasteiger charge is -2.06. The molecule has 0 bridgehead atoms. The molecular formula is C15H15N3O. The zero-order chi connectivity index (χ0) is 13.2. The fraction of sp³-hybridized carbons (Fsp3) is 0.200. The minimum absolute atomic E-state index is 0.0781. The molecule has 96 valence electrons. The zero-order valence-corrected chi connectivity index (χ0v) is 10.5. The van der Waals surface area contributed by atoms with E-state index in [1.807, 2.05) is 24.3 Å². The molecule has 0 radical (unpaired) electrons. The number of nitrogens with one attached hydrogen (secondary N) is 1. The Bertz CT molecular complexity index is 637. The highest BCUT2D eigenvalue weighted by atomic mass is 16.1. The molecule has 0 spiro atoms. The Morgan fingerprint density at radius 3 is 3.11 bits per heavy atom. The summed E-state index contributed by atoms with van der Waals surface area (Å²) >= 11 is 0. The number of carbonyl (C=O) groups is 1. The first-order valence-corrected chi connectivity index (χ1v) is 6.33. The molecule has 0 fully saturated rings. The summed E-state index contributed by atoms with van der Waals surface area (Å²) < 4.78 is 0. The topological polar surface area (TPSA) is 68.0 Å². The third kappa shape index (κ3) is 2.29. The maximum Gasteiger partial charge on any atom is 0.167 e. The Labute approximate surface area is 111 Å². The summed E-state index contributed by atoms with van der Waals surface area (Å²) in [5.41, 5.74) is 9.64. The molecule has 3 N–H and O–H groups in total. The lowest BCUT2D eigenvalue weighted by atomic mass is 10.0. The van der Waals surface area contributed by atoms with E-state index < -0.39 is 0 Å². The largest absolute Gasteiger partial charge is 0.384 e. The van der Waals surface area contributed by atoms with Crippen LogP contribution >= 0.6 is 0 Å². The number of rotatable bonds is 3. The lowest BCUT2D eigenvalue weighted by molar-refractivity contribution is 0.0993. The highest BCUT2D eigenvalue weighted by Gasteiger charge is 2.14. The Hall–Kier alpha value is -2.36. The fourth-order valence-corrected chi connectivity index (χ4v) is 2.35. The van der Waals surface area contributed by atoms with Crippen molar-refractivity contribution in [3.63, 3.8) is 0 Å². The van der Waals surface area contributed by atoms with E-state index in [1.54, 1.807) is 12.3 Å². The zero-order valence-electron chi connectivity index (χ0n) is 10.5. The van der Waals surface area contributed by atoms with Crippen molar-refractivity contribution in [1.82, 2.24) is 4.98 Å². The molecule has 0 saturated heterocycles. The predicted octanol–water partition coefficient (Wildman–Crippen LogP) is 2.06. The van der Waals surface area contributed by atoms with E-state index in [2.05, 4.69) is 10.3 Å². The molecule has 1 aromatic heterocycles. The third-order valence-corrected chi connectivity index (χ3v) is 3.41. The number of nitrogens with zero attached hydrogens (tertiary/aromatic N) is 1. The molecular weight excluding hydrogens is 238 g/mol. The Morgan fingerprint density at radius 1 is 1.37 bits per heavy atom. The summed E-state index contributed by atoms with van der Waals surface area (Å²) in [4.78, 5) is 16.3. The van der Waals surface area contributed by atoms with Gasteiger partial charge in [-0.2, -0.15) is 0 Å². The Balaban J connectivity index is 1.83. The third-order valence-electron chi connectivity index (χ3n) is 3.41. The molecule has 1 aliphatic rings. The Morgan fingerprint density at radius 2 is 2.26 bits per heavy atom. The predicted molar refractivity (Wildman–Crippen MR) is 75.3 cm³/mol. The van der Waals surface area contributed by atoms with Crippen LogP contribution in [0.2, 0.25) is 0 Å².